The molecule has 0 bridgehead atoms. The summed E-state index contributed by atoms with van der Waals surface area (Å²) in [6, 6.07) is 14.0. The molecule has 0 aliphatic carbocycles. The van der Waals surface area contributed by atoms with Gasteiger partial charge in [0.25, 0.3) is 0 Å². The van der Waals surface area contributed by atoms with E-state index >= 15 is 0 Å². The number of fused-ring (bicyclic) bond motifs is 1. The number of nitrogens with one attached hydrogen (secondary N) is 1. The molecule has 2 atom stereocenters. The monoisotopic (exact) mass is 312 g/mol. The molecule has 1 aliphatic rings. The number of rotatable bonds is 4. The van der Waals surface area contributed by atoms with Crippen LogP contribution in [0.4, 0.5) is 0 Å². The average Bonchev–Trinajstić information content (AvgIpc) is 2.61. The number of nitrogens with two attached hydrogens (primary N) is 1. The summed E-state index contributed by atoms with van der Waals surface area (Å²) in [4.78, 5) is 12.4. The van der Waals surface area contributed by atoms with Gasteiger partial charge in [-0.15, -0.1) is 0 Å². The second-order valence-electron chi connectivity index (χ2n) is 6.31. The van der Waals surface area contributed by atoms with Crippen LogP contribution in [0.25, 0.3) is 10.8 Å². The normalized spacial score (nSPS) is 18.5. The number of hydrogen-bond acceptors (Lipinski definition) is 3. The summed E-state index contributed by atoms with van der Waals surface area (Å²) in [5, 5.41) is 5.44. The summed E-state index contributed by atoms with van der Waals surface area (Å²) >= 11 is 0. The van der Waals surface area contributed by atoms with Gasteiger partial charge in [0, 0.05) is 13.2 Å². The van der Waals surface area contributed by atoms with Gasteiger partial charge in [-0.2, -0.15) is 0 Å². The van der Waals surface area contributed by atoms with E-state index in [9.17, 15) is 4.79 Å². The van der Waals surface area contributed by atoms with Gasteiger partial charge in [-0.05, 0) is 48.1 Å². The maximum absolute atomic E-state index is 12.4. The molecule has 2 aromatic carbocycles. The molecule has 4 heteroatoms. The van der Waals surface area contributed by atoms with Gasteiger partial charge in [0.1, 0.15) is 0 Å². The third-order valence-electron chi connectivity index (χ3n) is 4.71. The molecule has 0 radical (unpaired) electrons. The lowest BCUT2D eigenvalue weighted by atomic mass is 9.91. The van der Waals surface area contributed by atoms with Crippen molar-refractivity contribution in [2.45, 2.75) is 31.8 Å². The maximum Gasteiger partial charge on any atom is 0.237 e. The molecule has 1 fully saturated rings. The smallest absolute Gasteiger partial charge is 0.237 e. The number of carbonyl (C=O) groups excluding carboxylic acids is 1. The molecule has 0 spiro atoms. The van der Waals surface area contributed by atoms with Crippen molar-refractivity contribution in [3.63, 3.8) is 0 Å². The van der Waals surface area contributed by atoms with E-state index in [2.05, 4.69) is 35.6 Å². The zero-order valence-electron chi connectivity index (χ0n) is 13.5. The van der Waals surface area contributed by atoms with E-state index in [-0.39, 0.29) is 17.9 Å². The Balaban J connectivity index is 1.66. The van der Waals surface area contributed by atoms with Crippen LogP contribution in [0.3, 0.4) is 0 Å². The Hall–Kier alpha value is -1.91. The predicted molar refractivity (Wildman–Crippen MR) is 92.0 cm³/mol. The molecule has 2 aromatic rings. The Morgan fingerprint density at radius 2 is 1.87 bits per heavy atom. The Bertz CT molecular complexity index is 680. The SMILES string of the molecule is CC(NC(=O)C(N)C1CCOCC1)c1ccc2ccccc2c1. The molecule has 0 saturated carbocycles. The number of benzene rings is 2. The predicted octanol–water partition coefficient (Wildman–Crippen LogP) is 2.77. The molecule has 4 nitrogen and oxygen atoms in total. The first kappa shape index (κ1) is 16.0. The molecule has 1 aliphatic heterocycles. The highest BCUT2D eigenvalue weighted by Crippen LogP contribution is 2.22. The van der Waals surface area contributed by atoms with E-state index in [1.54, 1.807) is 0 Å². The first-order valence-electron chi connectivity index (χ1n) is 8.27. The zero-order valence-corrected chi connectivity index (χ0v) is 13.5. The molecule has 3 N–H and O–H groups in total. The Morgan fingerprint density at radius 1 is 1.17 bits per heavy atom. The third kappa shape index (κ3) is 3.71. The van der Waals surface area contributed by atoms with Crippen molar-refractivity contribution in [3.05, 3.63) is 48.0 Å². The summed E-state index contributed by atoms with van der Waals surface area (Å²) in [6.07, 6.45) is 1.72. The van der Waals surface area contributed by atoms with E-state index in [4.69, 9.17) is 10.5 Å². The van der Waals surface area contributed by atoms with E-state index < -0.39 is 6.04 Å². The standard InChI is InChI=1S/C19H24N2O2/c1-13(16-7-6-14-4-2-3-5-17(14)12-16)21-19(22)18(20)15-8-10-23-11-9-15/h2-7,12-13,15,18H,8-11,20H2,1H3,(H,21,22). The topological polar surface area (TPSA) is 64.4 Å². The van der Waals surface area contributed by atoms with Crippen LogP contribution in [-0.2, 0) is 9.53 Å². The number of carbonyl (C=O) groups is 1. The van der Waals surface area contributed by atoms with Crippen molar-refractivity contribution >= 4 is 16.7 Å². The summed E-state index contributed by atoms with van der Waals surface area (Å²) in [7, 11) is 0. The summed E-state index contributed by atoms with van der Waals surface area (Å²) in [5.41, 5.74) is 7.23. The van der Waals surface area contributed by atoms with Gasteiger partial charge in [0.15, 0.2) is 0 Å². The fourth-order valence-corrected chi connectivity index (χ4v) is 3.16. The Kier molecular flexibility index (Phi) is 4.94. The van der Waals surface area contributed by atoms with Gasteiger partial charge in [-0.25, -0.2) is 0 Å². The molecule has 1 amide bonds. The van der Waals surface area contributed by atoms with Crippen LogP contribution in [0.2, 0.25) is 0 Å². The van der Waals surface area contributed by atoms with Gasteiger partial charge in [-0.3, -0.25) is 4.79 Å². The zero-order chi connectivity index (χ0) is 16.2. The Labute approximate surface area is 137 Å². The minimum Gasteiger partial charge on any atom is -0.381 e. The van der Waals surface area contributed by atoms with Crippen LogP contribution in [-0.4, -0.2) is 25.2 Å². The van der Waals surface area contributed by atoms with Crippen LogP contribution in [0, 0.1) is 5.92 Å². The van der Waals surface area contributed by atoms with Crippen molar-refractivity contribution in [2.24, 2.45) is 11.7 Å². The summed E-state index contributed by atoms with van der Waals surface area (Å²) in [6.45, 7) is 3.40. The van der Waals surface area contributed by atoms with Gasteiger partial charge in [-0.1, -0.05) is 36.4 Å². The minimum atomic E-state index is -0.457. The highest BCUT2D eigenvalue weighted by atomic mass is 16.5. The molecule has 23 heavy (non-hydrogen) atoms. The van der Waals surface area contributed by atoms with E-state index in [1.165, 1.54) is 10.8 Å². The first-order valence-corrected chi connectivity index (χ1v) is 8.27. The molecular weight excluding hydrogens is 288 g/mol. The van der Waals surface area contributed by atoms with Gasteiger partial charge >= 0.3 is 0 Å². The highest BCUT2D eigenvalue weighted by molar-refractivity contribution is 5.84. The first-order chi connectivity index (χ1) is 11.1. The summed E-state index contributed by atoms with van der Waals surface area (Å²) < 4.78 is 5.33. The molecule has 1 heterocycles. The van der Waals surface area contributed by atoms with Gasteiger partial charge in [0.05, 0.1) is 12.1 Å². The van der Waals surface area contributed by atoms with Crippen molar-refractivity contribution in [2.75, 3.05) is 13.2 Å². The quantitative estimate of drug-likeness (QED) is 0.912. The van der Waals surface area contributed by atoms with Crippen LogP contribution in [0.1, 0.15) is 31.4 Å². The van der Waals surface area contributed by atoms with Gasteiger partial charge in [0.2, 0.25) is 5.91 Å². The second kappa shape index (κ2) is 7.11. The fraction of sp³-hybridized carbons (Fsp3) is 0.421. The minimum absolute atomic E-state index is 0.0574. The number of hydrogen-bond donors (Lipinski definition) is 2. The largest absolute Gasteiger partial charge is 0.381 e. The van der Waals surface area contributed by atoms with Crippen LogP contribution >= 0.6 is 0 Å². The lowest BCUT2D eigenvalue weighted by Crippen LogP contribution is -2.47. The maximum atomic E-state index is 12.4. The van der Waals surface area contributed by atoms with Crippen molar-refractivity contribution in [3.8, 4) is 0 Å². The number of amides is 1. The Morgan fingerprint density at radius 3 is 2.61 bits per heavy atom. The van der Waals surface area contributed by atoms with Crippen LogP contribution < -0.4 is 11.1 Å². The van der Waals surface area contributed by atoms with Crippen molar-refractivity contribution in [1.82, 2.24) is 5.32 Å². The van der Waals surface area contributed by atoms with E-state index in [0.29, 0.717) is 13.2 Å². The molecule has 2 unspecified atom stereocenters. The lowest BCUT2D eigenvalue weighted by Gasteiger charge is -2.28. The van der Waals surface area contributed by atoms with Crippen LogP contribution in [0.15, 0.2) is 42.5 Å². The van der Waals surface area contributed by atoms with Gasteiger partial charge < -0.3 is 15.8 Å². The molecule has 122 valence electrons. The summed E-state index contributed by atoms with van der Waals surface area (Å²) in [5.74, 6) is 0.144. The van der Waals surface area contributed by atoms with Crippen LogP contribution in [0.5, 0.6) is 0 Å². The second-order valence-corrected chi connectivity index (χ2v) is 6.31. The lowest BCUT2D eigenvalue weighted by molar-refractivity contribution is -0.125. The average molecular weight is 312 g/mol. The van der Waals surface area contributed by atoms with E-state index in [0.717, 1.165) is 18.4 Å². The third-order valence-corrected chi connectivity index (χ3v) is 4.71. The fourth-order valence-electron chi connectivity index (χ4n) is 3.16. The van der Waals surface area contributed by atoms with Crippen molar-refractivity contribution < 1.29 is 9.53 Å². The highest BCUT2D eigenvalue weighted by Gasteiger charge is 2.27. The molecule has 0 aromatic heterocycles. The van der Waals surface area contributed by atoms with Crippen molar-refractivity contribution in [1.29, 1.82) is 0 Å². The number of ether oxygens (including phenoxy) is 1. The molecule has 3 rings (SSSR count). The molecule has 1 saturated heterocycles. The molecular formula is C19H24N2O2. The van der Waals surface area contributed by atoms with E-state index in [1.807, 2.05) is 19.1 Å².